The van der Waals surface area contributed by atoms with Gasteiger partial charge in [-0.15, -0.1) is 0 Å². The van der Waals surface area contributed by atoms with Crippen LogP contribution in [0.5, 0.6) is 5.75 Å². The number of likely N-dealkylation sites (N-methyl/N-ethyl adjacent to an activating group) is 1. The average molecular weight is 435 g/mol. The van der Waals surface area contributed by atoms with Crippen molar-refractivity contribution in [2.24, 2.45) is 5.92 Å². The first-order valence-electron chi connectivity index (χ1n) is 10.8. The fraction of sp³-hybridized carbons (Fsp3) is 0.400. The van der Waals surface area contributed by atoms with Gasteiger partial charge < -0.3 is 14.4 Å². The summed E-state index contributed by atoms with van der Waals surface area (Å²) in [6.07, 6.45) is 9.03. The highest BCUT2D eigenvalue weighted by atomic mass is 16.5. The summed E-state index contributed by atoms with van der Waals surface area (Å²) in [7, 11) is 1.76. The first-order valence-corrected chi connectivity index (χ1v) is 10.8. The van der Waals surface area contributed by atoms with Crippen molar-refractivity contribution in [1.29, 1.82) is 5.26 Å². The molecule has 0 saturated heterocycles. The zero-order valence-electron chi connectivity index (χ0n) is 19.1. The third kappa shape index (κ3) is 5.27. The van der Waals surface area contributed by atoms with Crippen molar-refractivity contribution in [1.82, 2.24) is 10.0 Å². The molecule has 0 saturated carbocycles. The second kappa shape index (κ2) is 10.3. The Hall–Kier alpha value is -3.37. The number of ether oxygens (including phenoxy) is 1. The van der Waals surface area contributed by atoms with Crippen LogP contribution in [0.2, 0.25) is 0 Å². The van der Waals surface area contributed by atoms with Gasteiger partial charge in [-0.2, -0.15) is 5.26 Å². The van der Waals surface area contributed by atoms with Gasteiger partial charge in [-0.05, 0) is 49.1 Å². The summed E-state index contributed by atoms with van der Waals surface area (Å²) in [5, 5.41) is 13.0. The van der Waals surface area contributed by atoms with Gasteiger partial charge in [0, 0.05) is 20.1 Å². The first kappa shape index (κ1) is 23.3. The predicted molar refractivity (Wildman–Crippen MR) is 124 cm³/mol. The molecule has 1 amide bonds. The minimum absolute atomic E-state index is 0.00889. The van der Waals surface area contributed by atoms with Crippen LogP contribution < -0.4 is 9.64 Å². The average Bonchev–Trinajstić information content (AvgIpc) is 3.12. The first-order chi connectivity index (χ1) is 15.3. The number of benzene rings is 1. The summed E-state index contributed by atoms with van der Waals surface area (Å²) in [6.45, 7) is 7.33. The minimum Gasteiger partial charge on any atom is -0.489 e. The van der Waals surface area contributed by atoms with Gasteiger partial charge in [0.05, 0.1) is 36.5 Å². The summed E-state index contributed by atoms with van der Waals surface area (Å²) in [4.78, 5) is 26.3. The Morgan fingerprint density at radius 2 is 2.12 bits per heavy atom. The van der Waals surface area contributed by atoms with E-state index < -0.39 is 0 Å². The second-order valence-corrected chi connectivity index (χ2v) is 8.33. The number of carbonyl (C=O) groups is 2. The van der Waals surface area contributed by atoms with Gasteiger partial charge in [-0.1, -0.05) is 31.2 Å². The summed E-state index contributed by atoms with van der Waals surface area (Å²) < 4.78 is 5.88. The van der Waals surface area contributed by atoms with Crippen LogP contribution >= 0.6 is 0 Å². The number of hydrogen-bond donors (Lipinski definition) is 0. The van der Waals surface area contributed by atoms with E-state index in [1.54, 1.807) is 35.2 Å². The van der Waals surface area contributed by atoms with Crippen LogP contribution in [0.4, 0.5) is 5.69 Å². The summed E-state index contributed by atoms with van der Waals surface area (Å²) in [5.41, 5.74) is 3.55. The van der Waals surface area contributed by atoms with Gasteiger partial charge in [-0.3, -0.25) is 9.80 Å². The van der Waals surface area contributed by atoms with Crippen LogP contribution in [0.3, 0.4) is 0 Å². The lowest BCUT2D eigenvalue weighted by Gasteiger charge is -2.32. The van der Waals surface area contributed by atoms with Crippen molar-refractivity contribution in [2.75, 3.05) is 38.1 Å². The molecule has 0 fully saturated rings. The standard InChI is InChI=1S/C25H30N4O3/c1-18(2)32-24-10-9-20(14-26)13-23(24)28(11-12-30)17-25(31)27(4)29-15-21-8-6-5-7-19(3)22(21)16-29/h5-10,12-13,18-19H,11,15-17H2,1-4H3. The zero-order chi connectivity index (χ0) is 23.3. The maximum atomic E-state index is 13.2. The van der Waals surface area contributed by atoms with E-state index in [2.05, 4.69) is 31.2 Å². The largest absolute Gasteiger partial charge is 0.489 e. The molecule has 168 valence electrons. The van der Waals surface area contributed by atoms with E-state index in [1.165, 1.54) is 11.1 Å². The van der Waals surface area contributed by atoms with Gasteiger partial charge in [0.2, 0.25) is 0 Å². The van der Waals surface area contributed by atoms with Crippen molar-refractivity contribution >= 4 is 17.9 Å². The number of amides is 1. The van der Waals surface area contributed by atoms with E-state index in [0.29, 0.717) is 36.0 Å². The predicted octanol–water partition coefficient (Wildman–Crippen LogP) is 3.10. The number of anilines is 1. The summed E-state index contributed by atoms with van der Waals surface area (Å²) in [6, 6.07) is 7.15. The quantitative estimate of drug-likeness (QED) is 0.585. The van der Waals surface area contributed by atoms with E-state index in [-0.39, 0.29) is 25.1 Å². The Balaban J connectivity index is 1.78. The van der Waals surface area contributed by atoms with E-state index in [4.69, 9.17) is 4.74 Å². The SMILES string of the molecule is CC(C)Oc1ccc(C#N)cc1N(CC=O)CC(=O)N(C)N1CC2=C(C1)C(C)C=CC=C2. The van der Waals surface area contributed by atoms with E-state index >= 15 is 0 Å². The van der Waals surface area contributed by atoms with Crippen LogP contribution in [-0.2, 0) is 9.59 Å². The topological polar surface area (TPSA) is 76.9 Å². The molecule has 0 spiro atoms. The zero-order valence-corrected chi connectivity index (χ0v) is 19.1. The Morgan fingerprint density at radius 1 is 1.34 bits per heavy atom. The summed E-state index contributed by atoms with van der Waals surface area (Å²) in [5.74, 6) is 0.718. The second-order valence-electron chi connectivity index (χ2n) is 8.33. The van der Waals surface area contributed by atoms with Gasteiger partial charge in [0.1, 0.15) is 12.0 Å². The minimum atomic E-state index is -0.144. The van der Waals surface area contributed by atoms with E-state index in [0.717, 1.165) is 6.29 Å². The van der Waals surface area contributed by atoms with Crippen molar-refractivity contribution in [2.45, 2.75) is 26.9 Å². The molecule has 1 unspecified atom stereocenters. The Labute approximate surface area is 189 Å². The molecule has 1 aliphatic carbocycles. The number of aldehydes is 1. The molecule has 0 aromatic heterocycles. The molecule has 0 bridgehead atoms. The number of rotatable bonds is 8. The van der Waals surface area contributed by atoms with E-state index in [9.17, 15) is 14.9 Å². The molecule has 1 aromatic rings. The smallest absolute Gasteiger partial charge is 0.256 e. The van der Waals surface area contributed by atoms with Gasteiger partial charge in [-0.25, -0.2) is 5.01 Å². The molecule has 1 aliphatic heterocycles. The number of hydrazine groups is 1. The molecule has 7 heteroatoms. The Bertz CT molecular complexity index is 1000. The molecule has 0 N–H and O–H groups in total. The number of nitriles is 1. The Kier molecular flexibility index (Phi) is 7.49. The molecule has 0 radical (unpaired) electrons. The fourth-order valence-electron chi connectivity index (χ4n) is 3.93. The fourth-order valence-corrected chi connectivity index (χ4v) is 3.93. The highest BCUT2D eigenvalue weighted by molar-refractivity contribution is 5.83. The van der Waals surface area contributed by atoms with Crippen LogP contribution in [0.25, 0.3) is 0 Å². The lowest BCUT2D eigenvalue weighted by molar-refractivity contribution is -0.142. The van der Waals surface area contributed by atoms with Crippen LogP contribution in [0.15, 0.2) is 53.6 Å². The van der Waals surface area contributed by atoms with Crippen LogP contribution in [-0.4, -0.2) is 61.5 Å². The van der Waals surface area contributed by atoms with Gasteiger partial charge in [0.15, 0.2) is 0 Å². The van der Waals surface area contributed by atoms with Crippen molar-refractivity contribution in [3.05, 3.63) is 59.2 Å². The molecule has 1 aromatic carbocycles. The highest BCUT2D eigenvalue weighted by Crippen LogP contribution is 2.31. The highest BCUT2D eigenvalue weighted by Gasteiger charge is 2.29. The maximum Gasteiger partial charge on any atom is 0.256 e. The molecule has 7 nitrogen and oxygen atoms in total. The number of hydrogen-bond acceptors (Lipinski definition) is 6. The molecule has 3 rings (SSSR count). The normalized spacial score (nSPS) is 17.7. The molecular weight excluding hydrogens is 404 g/mol. The van der Waals surface area contributed by atoms with Crippen molar-refractivity contribution < 1.29 is 14.3 Å². The third-order valence-electron chi connectivity index (χ3n) is 5.67. The number of carbonyl (C=O) groups excluding carboxylic acids is 2. The van der Waals surface area contributed by atoms with Crippen molar-refractivity contribution in [3.8, 4) is 11.8 Å². The molecule has 32 heavy (non-hydrogen) atoms. The molecule has 2 aliphatic rings. The summed E-state index contributed by atoms with van der Waals surface area (Å²) >= 11 is 0. The number of nitrogens with zero attached hydrogens (tertiary/aromatic N) is 4. The lowest BCUT2D eigenvalue weighted by atomic mass is 9.99. The monoisotopic (exact) mass is 434 g/mol. The van der Waals surface area contributed by atoms with Gasteiger partial charge >= 0.3 is 0 Å². The maximum absolute atomic E-state index is 13.2. The molecule has 1 atom stereocenters. The van der Waals surface area contributed by atoms with Crippen molar-refractivity contribution in [3.63, 3.8) is 0 Å². The van der Waals surface area contributed by atoms with Crippen LogP contribution in [0, 0.1) is 17.2 Å². The number of allylic oxidation sites excluding steroid dienone is 3. The van der Waals surface area contributed by atoms with Gasteiger partial charge in [0.25, 0.3) is 5.91 Å². The molecule has 1 heterocycles. The lowest BCUT2D eigenvalue weighted by Crippen LogP contribution is -2.48. The van der Waals surface area contributed by atoms with Crippen LogP contribution in [0.1, 0.15) is 26.3 Å². The Morgan fingerprint density at radius 3 is 2.81 bits per heavy atom. The third-order valence-corrected chi connectivity index (χ3v) is 5.67. The molecular formula is C25H30N4O3. The van der Waals surface area contributed by atoms with E-state index in [1.807, 2.05) is 24.9 Å².